The summed E-state index contributed by atoms with van der Waals surface area (Å²) in [5.41, 5.74) is 1.50. The van der Waals surface area contributed by atoms with E-state index in [1.807, 2.05) is 6.92 Å². The molecule has 2 atom stereocenters. The van der Waals surface area contributed by atoms with Crippen molar-refractivity contribution in [1.82, 2.24) is 25.4 Å². The standard InChI is InChI=1S/C19H31N5O/c1-14(18-23-22-17-10-6-7-13-24(17)18)21-15(2)19(25)20-12-11-16-8-4-3-5-9-16/h8,14-15,21H,3-7,9-13H2,1-2H3,(H,20,25). The molecule has 2 unspecified atom stereocenters. The van der Waals surface area contributed by atoms with Gasteiger partial charge in [0.25, 0.3) is 0 Å². The molecule has 1 aromatic heterocycles. The predicted octanol–water partition coefficient (Wildman–Crippen LogP) is 2.66. The fourth-order valence-electron chi connectivity index (χ4n) is 3.81. The number of hydrogen-bond donors (Lipinski definition) is 2. The van der Waals surface area contributed by atoms with Gasteiger partial charge in [0, 0.05) is 19.5 Å². The Labute approximate surface area is 150 Å². The Bertz CT molecular complexity index is 621. The van der Waals surface area contributed by atoms with Crippen LogP contribution in [0.1, 0.15) is 76.5 Å². The molecule has 6 nitrogen and oxygen atoms in total. The van der Waals surface area contributed by atoms with E-state index in [0.29, 0.717) is 0 Å². The van der Waals surface area contributed by atoms with Crippen molar-refractivity contribution in [2.75, 3.05) is 6.54 Å². The van der Waals surface area contributed by atoms with Crippen molar-refractivity contribution in [3.05, 3.63) is 23.3 Å². The van der Waals surface area contributed by atoms with Crippen molar-refractivity contribution in [1.29, 1.82) is 0 Å². The lowest BCUT2D eigenvalue weighted by molar-refractivity contribution is -0.122. The first-order valence-corrected chi connectivity index (χ1v) is 9.79. The van der Waals surface area contributed by atoms with Gasteiger partial charge in [0.15, 0.2) is 0 Å². The Kier molecular flexibility index (Phi) is 6.24. The van der Waals surface area contributed by atoms with Crippen LogP contribution >= 0.6 is 0 Å². The number of nitrogens with zero attached hydrogens (tertiary/aromatic N) is 3. The number of rotatable bonds is 7. The highest BCUT2D eigenvalue weighted by atomic mass is 16.2. The minimum atomic E-state index is -0.244. The molecule has 1 aliphatic carbocycles. The van der Waals surface area contributed by atoms with Crippen LogP contribution in [0.4, 0.5) is 0 Å². The smallest absolute Gasteiger partial charge is 0.236 e. The second-order valence-corrected chi connectivity index (χ2v) is 7.34. The Morgan fingerprint density at radius 3 is 2.84 bits per heavy atom. The van der Waals surface area contributed by atoms with Crippen LogP contribution in [0, 0.1) is 0 Å². The van der Waals surface area contributed by atoms with E-state index >= 15 is 0 Å². The molecule has 0 radical (unpaired) electrons. The molecule has 25 heavy (non-hydrogen) atoms. The lowest BCUT2D eigenvalue weighted by Gasteiger charge is -2.22. The number of fused-ring (bicyclic) bond motifs is 1. The van der Waals surface area contributed by atoms with Gasteiger partial charge in [-0.1, -0.05) is 11.6 Å². The molecule has 1 aromatic rings. The van der Waals surface area contributed by atoms with Crippen molar-refractivity contribution in [3.63, 3.8) is 0 Å². The van der Waals surface area contributed by atoms with Crippen LogP contribution in [0.2, 0.25) is 0 Å². The fraction of sp³-hybridized carbons (Fsp3) is 0.737. The Hall–Kier alpha value is -1.69. The van der Waals surface area contributed by atoms with Gasteiger partial charge in [-0.05, 0) is 58.8 Å². The molecular weight excluding hydrogens is 314 g/mol. The Balaban J connectivity index is 1.46. The molecule has 0 saturated heterocycles. The van der Waals surface area contributed by atoms with Crippen molar-refractivity contribution in [2.45, 2.75) is 83.8 Å². The molecule has 3 rings (SSSR count). The first-order valence-electron chi connectivity index (χ1n) is 9.79. The zero-order chi connectivity index (χ0) is 17.6. The number of aromatic nitrogens is 3. The van der Waals surface area contributed by atoms with Crippen molar-refractivity contribution < 1.29 is 4.79 Å². The number of nitrogens with one attached hydrogen (secondary N) is 2. The molecule has 0 saturated carbocycles. The number of carbonyl (C=O) groups excluding carboxylic acids is 1. The minimum absolute atomic E-state index is 0.0150. The summed E-state index contributed by atoms with van der Waals surface area (Å²) in [7, 11) is 0. The van der Waals surface area contributed by atoms with E-state index in [2.05, 4.69) is 38.4 Å². The van der Waals surface area contributed by atoms with E-state index in [0.717, 1.165) is 37.6 Å². The lowest BCUT2D eigenvalue weighted by Crippen LogP contribution is -2.44. The molecule has 2 N–H and O–H groups in total. The van der Waals surface area contributed by atoms with Gasteiger partial charge < -0.3 is 9.88 Å². The maximum atomic E-state index is 12.3. The molecule has 0 aromatic carbocycles. The summed E-state index contributed by atoms with van der Waals surface area (Å²) >= 11 is 0. The SMILES string of the molecule is CC(NC(C)c1nnc2n1CCCC2)C(=O)NCCC1=CCCCC1. The molecular formula is C19H31N5O. The minimum Gasteiger partial charge on any atom is -0.354 e. The molecule has 138 valence electrons. The summed E-state index contributed by atoms with van der Waals surface area (Å²) in [6, 6.07) is -0.229. The summed E-state index contributed by atoms with van der Waals surface area (Å²) in [4.78, 5) is 12.3. The predicted molar refractivity (Wildman–Crippen MR) is 98.2 cm³/mol. The monoisotopic (exact) mass is 345 g/mol. The quantitative estimate of drug-likeness (QED) is 0.745. The van der Waals surface area contributed by atoms with E-state index in [1.165, 1.54) is 44.1 Å². The maximum Gasteiger partial charge on any atom is 0.236 e. The van der Waals surface area contributed by atoms with Crippen LogP contribution in [-0.4, -0.2) is 33.3 Å². The lowest BCUT2D eigenvalue weighted by atomic mass is 9.97. The Morgan fingerprint density at radius 2 is 2.04 bits per heavy atom. The average Bonchev–Trinajstić information content (AvgIpc) is 3.06. The molecule has 2 aliphatic rings. The van der Waals surface area contributed by atoms with E-state index in [4.69, 9.17) is 0 Å². The third-order valence-corrected chi connectivity index (χ3v) is 5.30. The highest BCUT2D eigenvalue weighted by molar-refractivity contribution is 5.81. The maximum absolute atomic E-state index is 12.3. The number of allylic oxidation sites excluding steroid dienone is 1. The zero-order valence-electron chi connectivity index (χ0n) is 15.6. The van der Waals surface area contributed by atoms with Gasteiger partial charge in [-0.25, -0.2) is 0 Å². The Morgan fingerprint density at radius 1 is 1.20 bits per heavy atom. The first kappa shape index (κ1) is 18.1. The van der Waals surface area contributed by atoms with Crippen molar-refractivity contribution in [2.24, 2.45) is 0 Å². The molecule has 0 bridgehead atoms. The van der Waals surface area contributed by atoms with Gasteiger partial charge in [0.2, 0.25) is 5.91 Å². The van der Waals surface area contributed by atoms with Crippen LogP contribution in [0.5, 0.6) is 0 Å². The van der Waals surface area contributed by atoms with E-state index in [-0.39, 0.29) is 18.0 Å². The summed E-state index contributed by atoms with van der Waals surface area (Å²) in [6.45, 7) is 5.69. The molecule has 0 fully saturated rings. The average molecular weight is 345 g/mol. The summed E-state index contributed by atoms with van der Waals surface area (Å²) in [6.07, 6.45) is 11.7. The van der Waals surface area contributed by atoms with Crippen LogP contribution < -0.4 is 10.6 Å². The van der Waals surface area contributed by atoms with Crippen LogP contribution in [-0.2, 0) is 17.8 Å². The second kappa shape index (κ2) is 8.61. The normalized spacial score (nSPS) is 19.7. The van der Waals surface area contributed by atoms with Crippen molar-refractivity contribution >= 4 is 5.91 Å². The van der Waals surface area contributed by atoms with Crippen molar-refractivity contribution in [3.8, 4) is 0 Å². The van der Waals surface area contributed by atoms with E-state index in [1.54, 1.807) is 0 Å². The van der Waals surface area contributed by atoms with Gasteiger partial charge in [0.05, 0.1) is 12.1 Å². The number of hydrogen-bond acceptors (Lipinski definition) is 4. The van der Waals surface area contributed by atoms with Gasteiger partial charge in [0.1, 0.15) is 11.6 Å². The van der Waals surface area contributed by atoms with Crippen LogP contribution in [0.15, 0.2) is 11.6 Å². The summed E-state index contributed by atoms with van der Waals surface area (Å²) in [5.74, 6) is 2.08. The first-order chi connectivity index (χ1) is 12.1. The fourth-order valence-corrected chi connectivity index (χ4v) is 3.81. The van der Waals surface area contributed by atoms with Gasteiger partial charge in [-0.15, -0.1) is 10.2 Å². The van der Waals surface area contributed by atoms with Crippen LogP contribution in [0.3, 0.4) is 0 Å². The molecule has 1 aliphatic heterocycles. The highest BCUT2D eigenvalue weighted by Gasteiger charge is 2.23. The molecule has 0 spiro atoms. The van der Waals surface area contributed by atoms with E-state index in [9.17, 15) is 4.79 Å². The van der Waals surface area contributed by atoms with Gasteiger partial charge >= 0.3 is 0 Å². The van der Waals surface area contributed by atoms with Gasteiger partial charge in [-0.2, -0.15) is 0 Å². The molecule has 2 heterocycles. The molecule has 1 amide bonds. The third-order valence-electron chi connectivity index (χ3n) is 5.30. The summed E-state index contributed by atoms with van der Waals surface area (Å²) in [5, 5.41) is 15.1. The molecule has 6 heteroatoms. The van der Waals surface area contributed by atoms with E-state index < -0.39 is 0 Å². The number of carbonyl (C=O) groups is 1. The number of aryl methyl sites for hydroxylation is 1. The third kappa shape index (κ3) is 4.69. The summed E-state index contributed by atoms with van der Waals surface area (Å²) < 4.78 is 2.21. The zero-order valence-corrected chi connectivity index (χ0v) is 15.6. The topological polar surface area (TPSA) is 71.8 Å². The highest BCUT2D eigenvalue weighted by Crippen LogP contribution is 2.20. The number of amides is 1. The second-order valence-electron chi connectivity index (χ2n) is 7.34. The largest absolute Gasteiger partial charge is 0.354 e. The van der Waals surface area contributed by atoms with Gasteiger partial charge in [-0.3, -0.25) is 10.1 Å². The van der Waals surface area contributed by atoms with Crippen LogP contribution in [0.25, 0.3) is 0 Å².